The molecule has 0 radical (unpaired) electrons. The Hall–Kier alpha value is -2.96. The van der Waals surface area contributed by atoms with Crippen LogP contribution in [-0.2, 0) is 22.6 Å². The molecule has 7 heteroatoms. The topological polar surface area (TPSA) is 72.2 Å². The fourth-order valence-corrected chi connectivity index (χ4v) is 7.86. The largest absolute Gasteiger partial charge is 0.493 e. The Bertz CT molecular complexity index is 1120. The zero-order valence-electron chi connectivity index (χ0n) is 22.7. The number of carbonyl (C=O) groups is 2. The van der Waals surface area contributed by atoms with E-state index in [0.717, 1.165) is 43.4 Å². The highest BCUT2D eigenvalue weighted by Gasteiger charge is 2.56. The summed E-state index contributed by atoms with van der Waals surface area (Å²) in [6.07, 6.45) is 11.3. The molecule has 0 spiro atoms. The zero-order valence-corrected chi connectivity index (χ0v) is 22.7. The minimum atomic E-state index is -0.219. The SMILES string of the molecule is COc1ccc(CCN(Cc2ccco2)C(=O)CN(C(=O)C23CC4CC(CC(C4)C2)C3)C2CC2)cc1OC. The van der Waals surface area contributed by atoms with Gasteiger partial charge in [-0.15, -0.1) is 0 Å². The van der Waals surface area contributed by atoms with Gasteiger partial charge in [0, 0.05) is 12.6 Å². The first-order chi connectivity index (χ1) is 18.5. The molecule has 5 saturated carbocycles. The fraction of sp³-hybridized carbons (Fsp3) is 0.613. The number of furan rings is 1. The van der Waals surface area contributed by atoms with Crippen LogP contribution >= 0.6 is 0 Å². The van der Waals surface area contributed by atoms with Crippen molar-refractivity contribution in [3.05, 3.63) is 47.9 Å². The van der Waals surface area contributed by atoms with Gasteiger partial charge in [0.2, 0.25) is 11.8 Å². The maximum Gasteiger partial charge on any atom is 0.242 e. The van der Waals surface area contributed by atoms with Crippen molar-refractivity contribution in [2.24, 2.45) is 23.2 Å². The van der Waals surface area contributed by atoms with E-state index in [1.54, 1.807) is 20.5 Å². The van der Waals surface area contributed by atoms with Gasteiger partial charge in [-0.25, -0.2) is 0 Å². The molecule has 1 aromatic carbocycles. The standard InChI is InChI=1S/C31H40N2O5/c1-36-27-8-5-21(15-28(27)37-2)9-10-32(19-26-4-3-11-38-26)29(34)20-33(25-6-7-25)30(35)31-16-22-12-23(17-31)14-24(13-22)18-31/h3-5,8,11,15,22-25H,6-7,9-10,12-14,16-20H2,1-2H3. The number of ether oxygens (including phenoxy) is 2. The van der Waals surface area contributed by atoms with E-state index < -0.39 is 0 Å². The molecule has 2 aromatic rings. The van der Waals surface area contributed by atoms with Crippen LogP contribution in [0, 0.1) is 23.2 Å². The van der Waals surface area contributed by atoms with Crippen molar-refractivity contribution in [1.29, 1.82) is 0 Å². The predicted molar refractivity (Wildman–Crippen MR) is 143 cm³/mol. The van der Waals surface area contributed by atoms with Gasteiger partial charge in [0.05, 0.1) is 32.4 Å². The van der Waals surface area contributed by atoms with Crippen molar-refractivity contribution in [1.82, 2.24) is 9.80 Å². The summed E-state index contributed by atoms with van der Waals surface area (Å²) in [6, 6.07) is 9.82. The molecular formula is C31H40N2O5. The molecule has 5 aliphatic rings. The third-order valence-electron chi connectivity index (χ3n) is 9.44. The van der Waals surface area contributed by atoms with Crippen LogP contribution in [0.5, 0.6) is 11.5 Å². The van der Waals surface area contributed by atoms with E-state index in [-0.39, 0.29) is 29.8 Å². The van der Waals surface area contributed by atoms with Gasteiger partial charge in [0.1, 0.15) is 12.3 Å². The van der Waals surface area contributed by atoms with Crippen LogP contribution in [-0.4, -0.2) is 55.0 Å². The second-order valence-corrected chi connectivity index (χ2v) is 12.2. The summed E-state index contributed by atoms with van der Waals surface area (Å²) in [5.74, 6) is 4.49. The van der Waals surface area contributed by atoms with Crippen molar-refractivity contribution in [2.75, 3.05) is 27.3 Å². The Kier molecular flexibility index (Phi) is 6.87. The van der Waals surface area contributed by atoms with Crippen molar-refractivity contribution < 1.29 is 23.5 Å². The van der Waals surface area contributed by atoms with Gasteiger partial charge in [-0.1, -0.05) is 6.07 Å². The van der Waals surface area contributed by atoms with Crippen LogP contribution in [0.2, 0.25) is 0 Å². The van der Waals surface area contributed by atoms with Crippen LogP contribution < -0.4 is 9.47 Å². The molecule has 7 rings (SSSR count). The van der Waals surface area contributed by atoms with E-state index in [9.17, 15) is 9.59 Å². The lowest BCUT2D eigenvalue weighted by atomic mass is 9.49. The maximum absolute atomic E-state index is 14.2. The second kappa shape index (κ2) is 10.3. The molecule has 0 unspecified atom stereocenters. The average molecular weight is 521 g/mol. The monoisotopic (exact) mass is 520 g/mol. The Balaban J connectivity index is 1.18. The zero-order chi connectivity index (χ0) is 26.3. The maximum atomic E-state index is 14.2. The lowest BCUT2D eigenvalue weighted by molar-refractivity contribution is -0.161. The Labute approximate surface area is 225 Å². The number of methoxy groups -OCH3 is 2. The number of benzene rings is 1. The normalized spacial score (nSPS) is 27.3. The van der Waals surface area contributed by atoms with Crippen LogP contribution in [0.1, 0.15) is 62.7 Å². The first-order valence-electron chi connectivity index (χ1n) is 14.3. The lowest BCUT2D eigenvalue weighted by Crippen LogP contribution is -2.56. The number of rotatable bonds is 11. The molecule has 5 fully saturated rings. The summed E-state index contributed by atoms with van der Waals surface area (Å²) >= 11 is 0. The molecule has 0 N–H and O–H groups in total. The summed E-state index contributed by atoms with van der Waals surface area (Å²) < 4.78 is 16.4. The van der Waals surface area contributed by atoms with Crippen molar-refractivity contribution in [3.63, 3.8) is 0 Å². The van der Waals surface area contributed by atoms with Crippen molar-refractivity contribution in [2.45, 2.75) is 70.4 Å². The van der Waals surface area contributed by atoms with Gasteiger partial charge in [0.25, 0.3) is 0 Å². The smallest absolute Gasteiger partial charge is 0.242 e. The summed E-state index contributed by atoms with van der Waals surface area (Å²) in [6.45, 7) is 1.08. The average Bonchev–Trinajstić information content (AvgIpc) is 3.63. The Morgan fingerprint density at radius 3 is 2.24 bits per heavy atom. The number of amides is 2. The van der Waals surface area contributed by atoms with Gasteiger partial charge in [-0.3, -0.25) is 9.59 Å². The van der Waals surface area contributed by atoms with Crippen molar-refractivity contribution in [3.8, 4) is 11.5 Å². The highest BCUT2D eigenvalue weighted by molar-refractivity contribution is 5.89. The van der Waals surface area contributed by atoms with E-state index in [1.807, 2.05) is 40.1 Å². The summed E-state index contributed by atoms with van der Waals surface area (Å²) in [5, 5.41) is 0. The molecule has 5 aliphatic carbocycles. The number of hydrogen-bond donors (Lipinski definition) is 0. The quantitative estimate of drug-likeness (QED) is 0.413. The molecule has 2 amide bonds. The molecule has 38 heavy (non-hydrogen) atoms. The van der Waals surface area contributed by atoms with Gasteiger partial charge in [-0.2, -0.15) is 0 Å². The van der Waals surface area contributed by atoms with Crippen LogP contribution in [0.15, 0.2) is 41.0 Å². The van der Waals surface area contributed by atoms with E-state index in [0.29, 0.717) is 48.8 Å². The van der Waals surface area contributed by atoms with Crippen LogP contribution in [0.3, 0.4) is 0 Å². The first-order valence-corrected chi connectivity index (χ1v) is 14.3. The highest BCUT2D eigenvalue weighted by Crippen LogP contribution is 2.61. The fourth-order valence-electron chi connectivity index (χ4n) is 7.86. The van der Waals surface area contributed by atoms with E-state index in [2.05, 4.69) is 0 Å². The Morgan fingerprint density at radius 1 is 0.974 bits per heavy atom. The number of nitrogens with zero attached hydrogens (tertiary/aromatic N) is 2. The van der Waals surface area contributed by atoms with Crippen molar-refractivity contribution >= 4 is 11.8 Å². The third-order valence-corrected chi connectivity index (χ3v) is 9.44. The van der Waals surface area contributed by atoms with Gasteiger partial charge in [0.15, 0.2) is 11.5 Å². The summed E-state index contributed by atoms with van der Waals surface area (Å²) in [7, 11) is 3.25. The number of carbonyl (C=O) groups excluding carboxylic acids is 2. The molecule has 1 aromatic heterocycles. The number of hydrogen-bond acceptors (Lipinski definition) is 5. The Morgan fingerprint density at radius 2 is 1.66 bits per heavy atom. The van der Waals surface area contributed by atoms with Gasteiger partial charge < -0.3 is 23.7 Å². The van der Waals surface area contributed by atoms with E-state index >= 15 is 0 Å². The van der Waals surface area contributed by atoms with Crippen LogP contribution in [0.4, 0.5) is 0 Å². The second-order valence-electron chi connectivity index (χ2n) is 12.2. The first kappa shape index (κ1) is 25.3. The summed E-state index contributed by atoms with van der Waals surface area (Å²) in [4.78, 5) is 31.8. The van der Waals surface area contributed by atoms with E-state index in [4.69, 9.17) is 13.9 Å². The lowest BCUT2D eigenvalue weighted by Gasteiger charge is -2.56. The van der Waals surface area contributed by atoms with Gasteiger partial charge in [-0.05, 0) is 105 Å². The minimum absolute atomic E-state index is 0.00754. The molecule has 204 valence electrons. The predicted octanol–water partition coefficient (Wildman–Crippen LogP) is 5.08. The molecule has 0 atom stereocenters. The molecule has 7 nitrogen and oxygen atoms in total. The third kappa shape index (κ3) is 5.04. The van der Waals surface area contributed by atoms with Gasteiger partial charge >= 0.3 is 0 Å². The molecular weight excluding hydrogens is 480 g/mol. The summed E-state index contributed by atoms with van der Waals surface area (Å²) in [5.41, 5.74) is 0.840. The van der Waals surface area contributed by atoms with Crippen LogP contribution in [0.25, 0.3) is 0 Å². The minimum Gasteiger partial charge on any atom is -0.493 e. The molecule has 0 saturated heterocycles. The highest BCUT2D eigenvalue weighted by atomic mass is 16.5. The molecule has 0 aliphatic heterocycles. The molecule has 1 heterocycles. The molecule has 4 bridgehead atoms. The van der Waals surface area contributed by atoms with E-state index in [1.165, 1.54) is 19.3 Å².